The quantitative estimate of drug-likeness (QED) is 0.457. The van der Waals surface area contributed by atoms with E-state index in [-0.39, 0.29) is 6.29 Å². The maximum atomic E-state index is 5.87. The number of ether oxygens (including phenoxy) is 3. The third kappa shape index (κ3) is 6.52. The molecule has 0 N–H and O–H groups in total. The van der Waals surface area contributed by atoms with Gasteiger partial charge in [-0.1, -0.05) is 45.2 Å². The molecule has 0 bridgehead atoms. The van der Waals surface area contributed by atoms with Crippen molar-refractivity contribution in [2.45, 2.75) is 77.6 Å². The molecule has 0 spiro atoms. The summed E-state index contributed by atoms with van der Waals surface area (Å²) in [5.41, 5.74) is 1.32. The van der Waals surface area contributed by atoms with E-state index >= 15 is 0 Å². The largest absolute Gasteiger partial charge is 0.465 e. The van der Waals surface area contributed by atoms with Gasteiger partial charge in [0.2, 0.25) is 0 Å². The fourth-order valence-electron chi connectivity index (χ4n) is 3.02. The van der Waals surface area contributed by atoms with E-state index in [9.17, 15) is 0 Å². The van der Waals surface area contributed by atoms with Crippen LogP contribution in [0.15, 0.2) is 24.3 Å². The predicted octanol–water partition coefficient (Wildman–Crippen LogP) is 5.29. The highest BCUT2D eigenvalue weighted by Crippen LogP contribution is 2.24. The van der Waals surface area contributed by atoms with E-state index in [1.54, 1.807) is 0 Å². The summed E-state index contributed by atoms with van der Waals surface area (Å²) in [6.45, 7) is 7.63. The maximum absolute atomic E-state index is 5.87. The van der Waals surface area contributed by atoms with Gasteiger partial charge in [0.05, 0.1) is 19.3 Å². The summed E-state index contributed by atoms with van der Waals surface area (Å²) in [5.74, 6) is 1.43. The van der Waals surface area contributed by atoms with Crippen LogP contribution in [-0.4, -0.2) is 25.6 Å². The summed E-state index contributed by atoms with van der Waals surface area (Å²) in [7, 11) is 0. The van der Waals surface area contributed by atoms with Crippen LogP contribution in [0.1, 0.15) is 70.8 Å². The van der Waals surface area contributed by atoms with Gasteiger partial charge in [-0.25, -0.2) is 0 Å². The molecule has 2 unspecified atom stereocenters. The molecule has 0 amide bonds. The van der Waals surface area contributed by atoms with Crippen molar-refractivity contribution in [2.75, 3.05) is 13.2 Å². The van der Waals surface area contributed by atoms with Gasteiger partial charge in [-0.2, -0.15) is 0 Å². The Balaban J connectivity index is 1.67. The zero-order valence-corrected chi connectivity index (χ0v) is 14.9. The monoisotopic (exact) mass is 320 g/mol. The highest BCUT2D eigenvalue weighted by atomic mass is 16.7. The minimum Gasteiger partial charge on any atom is -0.465 e. The molecule has 3 heteroatoms. The molecule has 1 aromatic carbocycles. The van der Waals surface area contributed by atoms with E-state index in [1.165, 1.54) is 37.7 Å². The van der Waals surface area contributed by atoms with Crippen LogP contribution >= 0.6 is 0 Å². The van der Waals surface area contributed by atoms with Crippen molar-refractivity contribution in [3.8, 4) is 5.75 Å². The first-order valence-electron chi connectivity index (χ1n) is 9.19. The zero-order chi connectivity index (χ0) is 16.5. The molecule has 0 radical (unpaired) electrons. The lowest BCUT2D eigenvalue weighted by Crippen LogP contribution is -2.22. The van der Waals surface area contributed by atoms with E-state index in [4.69, 9.17) is 14.2 Å². The molecule has 0 saturated heterocycles. The number of rotatable bonds is 9. The van der Waals surface area contributed by atoms with Gasteiger partial charge in [0.1, 0.15) is 5.75 Å². The second-order valence-electron chi connectivity index (χ2n) is 6.57. The third-order valence-corrected chi connectivity index (χ3v) is 4.68. The van der Waals surface area contributed by atoms with Crippen molar-refractivity contribution in [1.29, 1.82) is 0 Å². The lowest BCUT2D eigenvalue weighted by Gasteiger charge is -2.22. The molecule has 1 aliphatic rings. The minimum absolute atomic E-state index is 0.253. The Hall–Kier alpha value is -1.06. The van der Waals surface area contributed by atoms with Crippen molar-refractivity contribution in [1.82, 2.24) is 0 Å². The van der Waals surface area contributed by atoms with E-state index in [2.05, 4.69) is 32.0 Å². The predicted molar refractivity (Wildman–Crippen MR) is 94.0 cm³/mol. The molecule has 0 heterocycles. The summed E-state index contributed by atoms with van der Waals surface area (Å²) in [6.07, 6.45) is 7.69. The lowest BCUT2D eigenvalue weighted by atomic mass is 9.98. The van der Waals surface area contributed by atoms with Crippen LogP contribution < -0.4 is 4.74 Å². The van der Waals surface area contributed by atoms with Crippen LogP contribution in [-0.2, 0) is 9.47 Å². The smallest absolute Gasteiger partial charge is 0.197 e. The molecule has 2 rings (SSSR count). The average molecular weight is 320 g/mol. The Bertz CT molecular complexity index is 440. The van der Waals surface area contributed by atoms with Crippen molar-refractivity contribution in [3.63, 3.8) is 0 Å². The van der Waals surface area contributed by atoms with E-state index < -0.39 is 0 Å². The highest BCUT2D eigenvalue weighted by Gasteiger charge is 2.13. The molecular formula is C20H32O3. The number of hydrogen-bond donors (Lipinski definition) is 0. The van der Waals surface area contributed by atoms with Crippen molar-refractivity contribution >= 4 is 0 Å². The van der Waals surface area contributed by atoms with Crippen LogP contribution in [0, 0.1) is 0 Å². The molecule has 0 aromatic heterocycles. The lowest BCUT2D eigenvalue weighted by molar-refractivity contribution is -0.0941. The molecule has 130 valence electrons. The highest BCUT2D eigenvalue weighted by molar-refractivity contribution is 5.30. The van der Waals surface area contributed by atoms with Gasteiger partial charge in [-0.3, -0.25) is 0 Å². The van der Waals surface area contributed by atoms with Gasteiger partial charge >= 0.3 is 0 Å². The summed E-state index contributed by atoms with van der Waals surface area (Å²) in [5, 5.41) is 0. The van der Waals surface area contributed by atoms with E-state index in [0.29, 0.717) is 25.2 Å². The molecule has 23 heavy (non-hydrogen) atoms. The first-order chi connectivity index (χ1) is 11.2. The van der Waals surface area contributed by atoms with Crippen LogP contribution in [0.2, 0.25) is 0 Å². The average Bonchev–Trinajstić information content (AvgIpc) is 2.59. The molecule has 2 atom stereocenters. The first kappa shape index (κ1) is 18.3. The van der Waals surface area contributed by atoms with Crippen LogP contribution in [0.4, 0.5) is 0 Å². The summed E-state index contributed by atoms with van der Waals surface area (Å²) >= 11 is 0. The van der Waals surface area contributed by atoms with Gasteiger partial charge < -0.3 is 14.2 Å². The number of benzene rings is 1. The molecule has 1 saturated carbocycles. The number of hydrogen-bond acceptors (Lipinski definition) is 3. The molecular weight excluding hydrogens is 288 g/mol. The van der Waals surface area contributed by atoms with Gasteiger partial charge in [0.15, 0.2) is 6.29 Å². The van der Waals surface area contributed by atoms with Gasteiger partial charge in [0, 0.05) is 0 Å². The maximum Gasteiger partial charge on any atom is 0.197 e. The molecule has 0 aliphatic heterocycles. The van der Waals surface area contributed by atoms with E-state index in [0.717, 1.165) is 12.2 Å². The Morgan fingerprint density at radius 2 is 1.87 bits per heavy atom. The topological polar surface area (TPSA) is 27.7 Å². The Kier molecular flexibility index (Phi) is 7.90. The normalized spacial score (nSPS) is 18.6. The van der Waals surface area contributed by atoms with Gasteiger partial charge in [-0.15, -0.1) is 0 Å². The fraction of sp³-hybridized carbons (Fsp3) is 0.700. The fourth-order valence-corrected chi connectivity index (χ4v) is 3.02. The second-order valence-corrected chi connectivity index (χ2v) is 6.57. The molecule has 3 nitrogen and oxygen atoms in total. The SMILES string of the molecule is CCC(C)c1cccc(OC(C)OCCOC2CCCCC2)c1. The first-order valence-corrected chi connectivity index (χ1v) is 9.19. The van der Waals surface area contributed by atoms with Crippen LogP contribution in [0.5, 0.6) is 5.75 Å². The molecule has 1 aromatic rings. The van der Waals surface area contributed by atoms with Crippen LogP contribution in [0.25, 0.3) is 0 Å². The Morgan fingerprint density at radius 1 is 1.09 bits per heavy atom. The second kappa shape index (κ2) is 9.94. The standard InChI is InChI=1S/C20H32O3/c1-4-16(2)18-9-8-12-20(15-18)23-17(3)21-13-14-22-19-10-6-5-7-11-19/h8-9,12,15-17,19H,4-7,10-11,13-14H2,1-3H3. The van der Waals surface area contributed by atoms with Crippen molar-refractivity contribution in [3.05, 3.63) is 29.8 Å². The van der Waals surface area contributed by atoms with Crippen molar-refractivity contribution < 1.29 is 14.2 Å². The Labute approximate surface area is 141 Å². The summed E-state index contributed by atoms with van der Waals surface area (Å²) < 4.78 is 17.4. The zero-order valence-electron chi connectivity index (χ0n) is 14.9. The van der Waals surface area contributed by atoms with Gasteiger partial charge in [-0.05, 0) is 49.8 Å². The van der Waals surface area contributed by atoms with E-state index in [1.807, 2.05) is 13.0 Å². The summed E-state index contributed by atoms with van der Waals surface area (Å²) in [6, 6.07) is 8.32. The third-order valence-electron chi connectivity index (χ3n) is 4.68. The van der Waals surface area contributed by atoms with Crippen molar-refractivity contribution in [2.24, 2.45) is 0 Å². The molecule has 1 aliphatic carbocycles. The van der Waals surface area contributed by atoms with Crippen LogP contribution in [0.3, 0.4) is 0 Å². The Morgan fingerprint density at radius 3 is 2.61 bits per heavy atom. The molecule has 1 fully saturated rings. The summed E-state index contributed by atoms with van der Waals surface area (Å²) in [4.78, 5) is 0. The van der Waals surface area contributed by atoms with Gasteiger partial charge in [0.25, 0.3) is 0 Å². The minimum atomic E-state index is -0.253.